The summed E-state index contributed by atoms with van der Waals surface area (Å²) in [6.07, 6.45) is 4.00. The van der Waals surface area contributed by atoms with Crippen molar-refractivity contribution in [3.05, 3.63) is 36.2 Å². The van der Waals surface area contributed by atoms with Gasteiger partial charge in [0.15, 0.2) is 10.9 Å². The molecule has 1 aromatic carbocycles. The number of amides is 1. The maximum atomic E-state index is 12.1. The Bertz CT molecular complexity index is 709. The number of aromatic nitrogens is 3. The zero-order valence-corrected chi connectivity index (χ0v) is 13.0. The van der Waals surface area contributed by atoms with Gasteiger partial charge in [0.25, 0.3) is 0 Å². The minimum absolute atomic E-state index is 0.0722. The molecule has 1 aliphatic carbocycles. The number of thioether (sulfide) groups is 1. The highest BCUT2D eigenvalue weighted by atomic mass is 32.2. The van der Waals surface area contributed by atoms with Crippen molar-refractivity contribution >= 4 is 29.1 Å². The number of hydrogen-bond acceptors (Lipinski definition) is 5. The lowest BCUT2D eigenvalue weighted by Gasteiger charge is -2.09. The molecule has 1 amide bonds. The molecular weight excluding hydrogens is 300 g/mol. The first-order chi connectivity index (χ1) is 10.6. The molecule has 3 rings (SSSR count). The molecule has 22 heavy (non-hydrogen) atoms. The predicted octanol–water partition coefficient (Wildman–Crippen LogP) is 2.55. The average molecular weight is 316 g/mol. The van der Waals surface area contributed by atoms with Crippen molar-refractivity contribution in [2.24, 2.45) is 0 Å². The SMILES string of the molecule is CC(=O)c1ccccc1NC(=O)CSc1nncn1C1CC1. The summed E-state index contributed by atoms with van der Waals surface area (Å²) >= 11 is 1.36. The second-order valence-electron chi connectivity index (χ2n) is 5.19. The number of para-hydroxylation sites is 1. The first-order valence-electron chi connectivity index (χ1n) is 7.07. The van der Waals surface area contributed by atoms with Gasteiger partial charge in [0.2, 0.25) is 5.91 Å². The lowest BCUT2D eigenvalue weighted by atomic mass is 10.1. The van der Waals surface area contributed by atoms with Crippen molar-refractivity contribution in [3.8, 4) is 0 Å². The monoisotopic (exact) mass is 316 g/mol. The molecule has 1 aromatic heterocycles. The molecule has 0 atom stereocenters. The summed E-state index contributed by atoms with van der Waals surface area (Å²) in [6.45, 7) is 1.48. The largest absolute Gasteiger partial charge is 0.325 e. The first kappa shape index (κ1) is 14.8. The van der Waals surface area contributed by atoms with E-state index in [0.717, 1.165) is 18.0 Å². The van der Waals surface area contributed by atoms with Crippen LogP contribution in [0.2, 0.25) is 0 Å². The van der Waals surface area contributed by atoms with Gasteiger partial charge in [-0.15, -0.1) is 10.2 Å². The van der Waals surface area contributed by atoms with E-state index in [1.54, 1.807) is 30.6 Å². The van der Waals surface area contributed by atoms with Crippen molar-refractivity contribution < 1.29 is 9.59 Å². The van der Waals surface area contributed by atoms with Crippen LogP contribution in [0.4, 0.5) is 5.69 Å². The Morgan fingerprint density at radius 1 is 1.36 bits per heavy atom. The van der Waals surface area contributed by atoms with Crippen LogP contribution in [0.15, 0.2) is 35.7 Å². The summed E-state index contributed by atoms with van der Waals surface area (Å²) in [7, 11) is 0. The highest BCUT2D eigenvalue weighted by Gasteiger charge is 2.26. The van der Waals surface area contributed by atoms with Gasteiger partial charge in [-0.3, -0.25) is 9.59 Å². The van der Waals surface area contributed by atoms with Crippen LogP contribution in [0, 0.1) is 0 Å². The Morgan fingerprint density at radius 3 is 2.86 bits per heavy atom. The van der Waals surface area contributed by atoms with E-state index in [2.05, 4.69) is 15.5 Å². The van der Waals surface area contributed by atoms with Gasteiger partial charge in [-0.2, -0.15) is 0 Å². The molecule has 2 aromatic rings. The molecular formula is C15H16N4O2S. The Kier molecular flexibility index (Phi) is 4.24. The number of ketones is 1. The van der Waals surface area contributed by atoms with E-state index < -0.39 is 0 Å². The third kappa shape index (κ3) is 3.36. The minimum Gasteiger partial charge on any atom is -0.325 e. The molecule has 6 nitrogen and oxygen atoms in total. The first-order valence-corrected chi connectivity index (χ1v) is 8.06. The van der Waals surface area contributed by atoms with E-state index in [0.29, 0.717) is 17.3 Å². The summed E-state index contributed by atoms with van der Waals surface area (Å²) in [5, 5.41) is 11.5. The zero-order chi connectivity index (χ0) is 15.5. The fourth-order valence-corrected chi connectivity index (χ4v) is 2.94. The van der Waals surface area contributed by atoms with Crippen LogP contribution in [0.25, 0.3) is 0 Å². The number of nitrogens with one attached hydrogen (secondary N) is 1. The van der Waals surface area contributed by atoms with Crippen LogP contribution >= 0.6 is 11.8 Å². The second kappa shape index (κ2) is 6.31. The van der Waals surface area contributed by atoms with Crippen molar-refractivity contribution in [3.63, 3.8) is 0 Å². The lowest BCUT2D eigenvalue weighted by Crippen LogP contribution is -2.16. The summed E-state index contributed by atoms with van der Waals surface area (Å²) < 4.78 is 2.02. The Morgan fingerprint density at radius 2 is 2.14 bits per heavy atom. The molecule has 1 saturated carbocycles. The summed E-state index contributed by atoms with van der Waals surface area (Å²) in [5.74, 6) is -0.00133. The van der Waals surface area contributed by atoms with E-state index in [4.69, 9.17) is 0 Å². The molecule has 114 valence electrons. The van der Waals surface area contributed by atoms with E-state index >= 15 is 0 Å². The van der Waals surface area contributed by atoms with E-state index in [1.807, 2.05) is 4.57 Å². The van der Waals surface area contributed by atoms with Crippen LogP contribution < -0.4 is 5.32 Å². The second-order valence-corrected chi connectivity index (χ2v) is 6.13. The maximum Gasteiger partial charge on any atom is 0.234 e. The maximum absolute atomic E-state index is 12.1. The number of carbonyl (C=O) groups excluding carboxylic acids is 2. The van der Waals surface area contributed by atoms with Gasteiger partial charge in [-0.1, -0.05) is 23.9 Å². The van der Waals surface area contributed by atoms with E-state index in [-0.39, 0.29) is 17.4 Å². The van der Waals surface area contributed by atoms with Crippen LogP contribution in [-0.2, 0) is 4.79 Å². The summed E-state index contributed by atoms with van der Waals surface area (Å²) in [5.41, 5.74) is 1.06. The van der Waals surface area contributed by atoms with E-state index in [9.17, 15) is 9.59 Å². The smallest absolute Gasteiger partial charge is 0.234 e. The number of anilines is 1. The fraction of sp³-hybridized carbons (Fsp3) is 0.333. The molecule has 0 bridgehead atoms. The molecule has 0 aliphatic heterocycles. The molecule has 0 saturated heterocycles. The van der Waals surface area contributed by atoms with Gasteiger partial charge >= 0.3 is 0 Å². The Hall–Kier alpha value is -2.15. The number of benzene rings is 1. The van der Waals surface area contributed by atoms with Gasteiger partial charge < -0.3 is 9.88 Å². The zero-order valence-electron chi connectivity index (χ0n) is 12.2. The molecule has 0 unspecified atom stereocenters. The highest BCUT2D eigenvalue weighted by Crippen LogP contribution is 2.37. The number of Topliss-reactive ketones (excluding diaryl/α,β-unsaturated/α-hetero) is 1. The summed E-state index contributed by atoms with van der Waals surface area (Å²) in [4.78, 5) is 23.6. The van der Waals surface area contributed by atoms with Crippen LogP contribution in [0.1, 0.15) is 36.2 Å². The molecule has 1 aliphatic rings. The third-order valence-electron chi connectivity index (χ3n) is 3.39. The van der Waals surface area contributed by atoms with Crippen LogP contribution in [0.5, 0.6) is 0 Å². The highest BCUT2D eigenvalue weighted by molar-refractivity contribution is 7.99. The fourth-order valence-electron chi connectivity index (χ4n) is 2.15. The van der Waals surface area contributed by atoms with E-state index in [1.165, 1.54) is 18.7 Å². The topological polar surface area (TPSA) is 76.9 Å². The minimum atomic E-state index is -0.163. The van der Waals surface area contributed by atoms with Gasteiger partial charge in [-0.25, -0.2) is 0 Å². The lowest BCUT2D eigenvalue weighted by molar-refractivity contribution is -0.113. The van der Waals surface area contributed by atoms with Gasteiger partial charge in [0, 0.05) is 11.6 Å². The third-order valence-corrected chi connectivity index (χ3v) is 4.35. The van der Waals surface area contributed by atoms with Crippen LogP contribution in [-0.4, -0.2) is 32.2 Å². The number of carbonyl (C=O) groups is 2. The van der Waals surface area contributed by atoms with Crippen molar-refractivity contribution in [2.75, 3.05) is 11.1 Å². The van der Waals surface area contributed by atoms with Crippen molar-refractivity contribution in [2.45, 2.75) is 31.0 Å². The molecule has 1 fully saturated rings. The van der Waals surface area contributed by atoms with Gasteiger partial charge in [0.05, 0.1) is 11.4 Å². The molecule has 1 N–H and O–H groups in total. The van der Waals surface area contributed by atoms with Crippen molar-refractivity contribution in [1.29, 1.82) is 0 Å². The summed E-state index contributed by atoms with van der Waals surface area (Å²) in [6, 6.07) is 7.48. The normalized spacial score (nSPS) is 13.9. The Labute approximate surface area is 132 Å². The molecule has 1 heterocycles. The molecule has 7 heteroatoms. The number of nitrogens with zero attached hydrogens (tertiary/aromatic N) is 3. The predicted molar refractivity (Wildman–Crippen MR) is 84.1 cm³/mol. The quantitative estimate of drug-likeness (QED) is 0.654. The number of hydrogen-bond donors (Lipinski definition) is 1. The average Bonchev–Trinajstić information content (AvgIpc) is 3.24. The van der Waals surface area contributed by atoms with Gasteiger partial charge in [-0.05, 0) is 31.9 Å². The number of rotatable bonds is 6. The molecule has 0 radical (unpaired) electrons. The van der Waals surface area contributed by atoms with Gasteiger partial charge in [0.1, 0.15) is 6.33 Å². The van der Waals surface area contributed by atoms with Crippen molar-refractivity contribution in [1.82, 2.24) is 14.8 Å². The Balaban J connectivity index is 1.61. The molecule has 0 spiro atoms. The van der Waals surface area contributed by atoms with Crippen LogP contribution in [0.3, 0.4) is 0 Å². The standard InChI is InChI=1S/C15H16N4O2S/c1-10(20)12-4-2-3-5-13(12)17-14(21)8-22-15-18-16-9-19(15)11-6-7-11/h2-5,9,11H,6-8H2,1H3,(H,17,21).